The fraction of sp³-hybridized carbons (Fsp3) is 0.812. The Hall–Kier alpha value is -0.956. The predicted molar refractivity (Wildman–Crippen MR) is 105 cm³/mol. The topological polar surface area (TPSA) is 48.3 Å². The van der Waals surface area contributed by atoms with Crippen molar-refractivity contribution >= 4 is 33.7 Å². The van der Waals surface area contributed by atoms with E-state index in [9.17, 15) is 4.79 Å². The van der Waals surface area contributed by atoms with Crippen LogP contribution in [0, 0.1) is 5.92 Å². The molecule has 132 valence electrons. The SMILES string of the molecule is CC(=O)C1/C(=N/N(C)[Si](C)(C)C)CCC/C1=N\N(C)[Si](C)(C)C. The van der Waals surface area contributed by atoms with Gasteiger partial charge in [0.15, 0.2) is 16.5 Å². The summed E-state index contributed by atoms with van der Waals surface area (Å²) in [4.78, 5) is 12.3. The average Bonchev–Trinajstić information content (AvgIpc) is 2.36. The Bertz CT molecular complexity index is 465. The summed E-state index contributed by atoms with van der Waals surface area (Å²) in [6, 6.07) is 0. The third-order valence-electron chi connectivity index (χ3n) is 4.44. The summed E-state index contributed by atoms with van der Waals surface area (Å²) >= 11 is 0. The minimum Gasteiger partial charge on any atom is -0.328 e. The largest absolute Gasteiger partial charge is 0.328 e. The predicted octanol–water partition coefficient (Wildman–Crippen LogP) is 3.62. The Morgan fingerprint density at radius 3 is 1.52 bits per heavy atom. The maximum atomic E-state index is 12.3. The van der Waals surface area contributed by atoms with E-state index in [-0.39, 0.29) is 11.7 Å². The molecule has 5 nitrogen and oxygen atoms in total. The highest BCUT2D eigenvalue weighted by Crippen LogP contribution is 2.24. The van der Waals surface area contributed by atoms with E-state index in [0.717, 1.165) is 30.7 Å². The van der Waals surface area contributed by atoms with Crippen molar-refractivity contribution in [3.8, 4) is 0 Å². The zero-order valence-corrected chi connectivity index (χ0v) is 18.4. The molecule has 1 fully saturated rings. The molecule has 0 atom stereocenters. The summed E-state index contributed by atoms with van der Waals surface area (Å²) in [6.45, 7) is 15.2. The normalized spacial score (nSPS) is 23.3. The summed E-state index contributed by atoms with van der Waals surface area (Å²) in [5, 5.41) is 9.66. The zero-order valence-electron chi connectivity index (χ0n) is 16.4. The highest BCUT2D eigenvalue weighted by Gasteiger charge is 2.33. The van der Waals surface area contributed by atoms with E-state index in [4.69, 9.17) is 10.2 Å². The number of ketones is 1. The van der Waals surface area contributed by atoms with Gasteiger partial charge >= 0.3 is 0 Å². The first-order chi connectivity index (χ1) is 10.3. The molecule has 0 N–H and O–H groups in total. The van der Waals surface area contributed by atoms with Crippen molar-refractivity contribution in [2.75, 3.05) is 14.1 Å². The molecule has 1 rings (SSSR count). The fourth-order valence-corrected chi connectivity index (χ4v) is 3.16. The van der Waals surface area contributed by atoms with Crippen LogP contribution in [0.4, 0.5) is 0 Å². The van der Waals surface area contributed by atoms with Crippen molar-refractivity contribution in [2.45, 2.75) is 65.5 Å². The van der Waals surface area contributed by atoms with Crippen molar-refractivity contribution in [1.82, 2.24) is 9.35 Å². The third kappa shape index (κ3) is 5.56. The number of hydrazone groups is 2. The van der Waals surface area contributed by atoms with E-state index < -0.39 is 16.5 Å². The maximum Gasteiger partial charge on any atom is 0.168 e. The van der Waals surface area contributed by atoms with Crippen LogP contribution in [0.1, 0.15) is 26.2 Å². The number of nitrogens with zero attached hydrogens (tertiary/aromatic N) is 4. The highest BCUT2D eigenvalue weighted by atomic mass is 28.3. The molecule has 0 radical (unpaired) electrons. The standard InChI is InChI=1S/C16H34N4OSi2/c1-13(21)16-14(17-19(2)22(4,5)6)11-10-12-15(16)18-20(3)23(7,8)9/h16H,10-12H2,1-9H3/b17-14+,18-15+. The van der Waals surface area contributed by atoms with Gasteiger partial charge in [0.2, 0.25) is 0 Å². The third-order valence-corrected chi connectivity index (χ3v) is 8.52. The lowest BCUT2D eigenvalue weighted by atomic mass is 9.83. The molecule has 1 saturated carbocycles. The highest BCUT2D eigenvalue weighted by molar-refractivity contribution is 6.73. The average molecular weight is 355 g/mol. The second kappa shape index (κ2) is 7.29. The Labute approximate surface area is 144 Å². The number of hydrogen-bond donors (Lipinski definition) is 0. The molecular weight excluding hydrogens is 320 g/mol. The lowest BCUT2D eigenvalue weighted by molar-refractivity contribution is -0.117. The van der Waals surface area contributed by atoms with Gasteiger partial charge in [-0.15, -0.1) is 0 Å². The van der Waals surface area contributed by atoms with Crippen molar-refractivity contribution in [2.24, 2.45) is 16.1 Å². The van der Waals surface area contributed by atoms with Crippen LogP contribution in [-0.4, -0.2) is 57.1 Å². The van der Waals surface area contributed by atoms with Crippen LogP contribution in [0.15, 0.2) is 10.2 Å². The molecule has 0 saturated heterocycles. The van der Waals surface area contributed by atoms with E-state index in [1.807, 2.05) is 14.1 Å². The summed E-state index contributed by atoms with van der Waals surface area (Å²) in [5.41, 5.74) is 1.99. The van der Waals surface area contributed by atoms with Gasteiger partial charge in [0.1, 0.15) is 5.78 Å². The summed E-state index contributed by atoms with van der Waals surface area (Å²) in [7, 11) is 1.07. The van der Waals surface area contributed by atoms with Crippen LogP contribution in [0.2, 0.25) is 39.3 Å². The van der Waals surface area contributed by atoms with Crippen LogP contribution < -0.4 is 0 Å². The van der Waals surface area contributed by atoms with Gasteiger partial charge < -0.3 is 9.35 Å². The molecule has 0 amide bonds. The number of Topliss-reactive ketones (excluding diaryl/α,β-unsaturated/α-hetero) is 1. The molecule has 0 heterocycles. The summed E-state index contributed by atoms with van der Waals surface area (Å²) < 4.78 is 4.20. The molecule has 0 aromatic heterocycles. The second-order valence-corrected chi connectivity index (χ2v) is 18.4. The van der Waals surface area contributed by atoms with E-state index >= 15 is 0 Å². The number of carbonyl (C=O) groups excluding carboxylic acids is 1. The van der Waals surface area contributed by atoms with Gasteiger partial charge in [0.25, 0.3) is 0 Å². The minimum absolute atomic E-state index is 0.162. The van der Waals surface area contributed by atoms with Crippen molar-refractivity contribution < 1.29 is 4.79 Å². The minimum atomic E-state index is -1.50. The first-order valence-electron chi connectivity index (χ1n) is 8.47. The Balaban J connectivity index is 3.18. The molecule has 0 unspecified atom stereocenters. The van der Waals surface area contributed by atoms with E-state index in [1.54, 1.807) is 6.92 Å². The van der Waals surface area contributed by atoms with E-state index in [1.165, 1.54) is 0 Å². The van der Waals surface area contributed by atoms with Gasteiger partial charge in [0.05, 0.1) is 17.3 Å². The van der Waals surface area contributed by atoms with E-state index in [0.29, 0.717) is 0 Å². The summed E-state index contributed by atoms with van der Waals surface area (Å²) in [5.74, 6) is -0.0727. The van der Waals surface area contributed by atoms with Crippen LogP contribution in [0.3, 0.4) is 0 Å². The second-order valence-electron chi connectivity index (χ2n) is 8.47. The van der Waals surface area contributed by atoms with Crippen LogP contribution in [-0.2, 0) is 4.79 Å². The number of hydrogen-bond acceptors (Lipinski definition) is 5. The number of rotatable bonds is 5. The van der Waals surface area contributed by atoms with Crippen molar-refractivity contribution in [3.05, 3.63) is 0 Å². The lowest BCUT2D eigenvalue weighted by Crippen LogP contribution is -2.44. The molecule has 0 aromatic carbocycles. The number of carbonyl (C=O) groups is 1. The quantitative estimate of drug-likeness (QED) is 0.559. The molecule has 7 heteroatoms. The Morgan fingerprint density at radius 2 is 1.26 bits per heavy atom. The van der Waals surface area contributed by atoms with Crippen LogP contribution in [0.5, 0.6) is 0 Å². The lowest BCUT2D eigenvalue weighted by Gasteiger charge is -2.33. The first kappa shape index (κ1) is 20.1. The smallest absolute Gasteiger partial charge is 0.168 e. The molecule has 23 heavy (non-hydrogen) atoms. The van der Waals surface area contributed by atoms with Gasteiger partial charge in [-0.25, -0.2) is 0 Å². The molecule has 1 aliphatic rings. The monoisotopic (exact) mass is 354 g/mol. The first-order valence-corrected chi connectivity index (χ1v) is 15.4. The fourth-order valence-electron chi connectivity index (χ4n) is 2.30. The van der Waals surface area contributed by atoms with Gasteiger partial charge in [0, 0.05) is 14.1 Å². The Morgan fingerprint density at radius 1 is 0.913 bits per heavy atom. The molecule has 0 spiro atoms. The van der Waals surface area contributed by atoms with Gasteiger partial charge in [-0.1, -0.05) is 39.3 Å². The Kier molecular flexibility index (Phi) is 6.37. The van der Waals surface area contributed by atoms with Crippen LogP contribution in [0.25, 0.3) is 0 Å². The maximum absolute atomic E-state index is 12.3. The van der Waals surface area contributed by atoms with Crippen molar-refractivity contribution in [3.63, 3.8) is 0 Å². The van der Waals surface area contributed by atoms with Gasteiger partial charge in [-0.2, -0.15) is 10.2 Å². The molecule has 0 aliphatic heterocycles. The van der Waals surface area contributed by atoms with Gasteiger partial charge in [-0.05, 0) is 26.2 Å². The van der Waals surface area contributed by atoms with Crippen molar-refractivity contribution in [1.29, 1.82) is 0 Å². The molecule has 0 aromatic rings. The zero-order chi connectivity index (χ0) is 18.0. The molecule has 0 bridgehead atoms. The van der Waals surface area contributed by atoms with Crippen LogP contribution >= 0.6 is 0 Å². The summed E-state index contributed by atoms with van der Waals surface area (Å²) in [6.07, 6.45) is 2.82. The molecule has 1 aliphatic carbocycles. The van der Waals surface area contributed by atoms with E-state index in [2.05, 4.69) is 48.6 Å². The van der Waals surface area contributed by atoms with Gasteiger partial charge in [-0.3, -0.25) is 4.79 Å². The molecular formula is C16H34N4OSi2.